The van der Waals surface area contributed by atoms with Crippen molar-refractivity contribution in [3.05, 3.63) is 34.6 Å². The van der Waals surface area contributed by atoms with E-state index in [-0.39, 0.29) is 0 Å². The van der Waals surface area contributed by atoms with Crippen LogP contribution in [0.15, 0.2) is 24.3 Å². The Balaban J connectivity index is 1.61. The highest BCUT2D eigenvalue weighted by molar-refractivity contribution is 7.71. The van der Waals surface area contributed by atoms with Crippen LogP contribution in [0, 0.1) is 11.7 Å². The van der Waals surface area contributed by atoms with E-state index in [0.717, 1.165) is 5.56 Å². The molecule has 9 heteroatoms. The van der Waals surface area contributed by atoms with E-state index in [0.29, 0.717) is 43.4 Å². The number of H-pyrrole nitrogens is 1. The van der Waals surface area contributed by atoms with Crippen LogP contribution >= 0.6 is 12.2 Å². The van der Waals surface area contributed by atoms with Crippen molar-refractivity contribution in [3.8, 4) is 11.4 Å². The molecule has 136 valence electrons. The van der Waals surface area contributed by atoms with Gasteiger partial charge in [0.25, 0.3) is 0 Å². The lowest BCUT2D eigenvalue weighted by molar-refractivity contribution is -0.149. The van der Waals surface area contributed by atoms with Crippen LogP contribution in [0.5, 0.6) is 0 Å². The smallest absolute Gasteiger partial charge is 0.292 e. The quantitative estimate of drug-likeness (QED) is 0.839. The maximum atomic E-state index is 12.4. The summed E-state index contributed by atoms with van der Waals surface area (Å²) in [5, 5.41) is 3.18. The Kier molecular flexibility index (Phi) is 5.26. The Morgan fingerprint density at radius 3 is 2.28 bits per heavy atom. The largest absolute Gasteiger partial charge is 0.401 e. The number of aromatic nitrogens is 3. The molecule has 0 aliphatic carbocycles. The molecule has 1 aromatic carbocycles. The van der Waals surface area contributed by atoms with E-state index in [9.17, 15) is 13.2 Å². The molecule has 0 radical (unpaired) electrons. The molecule has 1 fully saturated rings. The molecule has 1 aromatic heterocycles. The molecular formula is C16H20F3N5S. The zero-order chi connectivity index (χ0) is 18.0. The zero-order valence-electron chi connectivity index (χ0n) is 13.9. The van der Waals surface area contributed by atoms with Crippen molar-refractivity contribution in [1.29, 1.82) is 0 Å². The fraction of sp³-hybridized carbons (Fsp3) is 0.500. The first-order valence-electron chi connectivity index (χ1n) is 8.05. The van der Waals surface area contributed by atoms with Gasteiger partial charge in [-0.05, 0) is 19.1 Å². The summed E-state index contributed by atoms with van der Waals surface area (Å²) in [7, 11) is 0. The minimum absolute atomic E-state index is 0.395. The van der Waals surface area contributed by atoms with Crippen molar-refractivity contribution in [1.82, 2.24) is 24.6 Å². The van der Waals surface area contributed by atoms with Gasteiger partial charge in [0.15, 0.2) is 5.82 Å². The molecule has 5 nitrogen and oxygen atoms in total. The highest BCUT2D eigenvalue weighted by Crippen LogP contribution is 2.18. The number of halogens is 3. The fourth-order valence-electron chi connectivity index (χ4n) is 2.84. The first-order chi connectivity index (χ1) is 11.8. The molecule has 0 unspecified atom stereocenters. The lowest BCUT2D eigenvalue weighted by Gasteiger charge is -2.34. The summed E-state index contributed by atoms with van der Waals surface area (Å²) >= 11 is 5.30. The van der Waals surface area contributed by atoms with Gasteiger partial charge in [-0.1, -0.05) is 29.8 Å². The van der Waals surface area contributed by atoms with Crippen molar-refractivity contribution in [2.45, 2.75) is 19.8 Å². The Labute approximate surface area is 149 Å². The van der Waals surface area contributed by atoms with Gasteiger partial charge in [0.05, 0.1) is 13.2 Å². The number of nitrogens with zero attached hydrogens (tertiary/aromatic N) is 4. The predicted octanol–water partition coefficient (Wildman–Crippen LogP) is 3.05. The van der Waals surface area contributed by atoms with E-state index < -0.39 is 12.7 Å². The third-order valence-electron chi connectivity index (χ3n) is 4.21. The summed E-state index contributed by atoms with van der Waals surface area (Å²) in [6, 6.07) is 7.96. The lowest BCUT2D eigenvalue weighted by atomic mass is 10.1. The van der Waals surface area contributed by atoms with E-state index in [4.69, 9.17) is 12.2 Å². The van der Waals surface area contributed by atoms with Gasteiger partial charge in [-0.15, -0.1) is 0 Å². The highest BCUT2D eigenvalue weighted by atomic mass is 32.1. The summed E-state index contributed by atoms with van der Waals surface area (Å²) in [6.45, 7) is 3.59. The van der Waals surface area contributed by atoms with Crippen molar-refractivity contribution >= 4 is 12.2 Å². The van der Waals surface area contributed by atoms with Gasteiger partial charge >= 0.3 is 6.18 Å². The van der Waals surface area contributed by atoms with Gasteiger partial charge in [-0.3, -0.25) is 14.9 Å². The number of rotatable bonds is 4. The van der Waals surface area contributed by atoms with Crippen molar-refractivity contribution in [2.24, 2.45) is 0 Å². The van der Waals surface area contributed by atoms with Gasteiger partial charge in [-0.25, -0.2) is 4.68 Å². The minimum Gasteiger partial charge on any atom is -0.292 e. The Morgan fingerprint density at radius 1 is 1.08 bits per heavy atom. The van der Waals surface area contributed by atoms with E-state index in [1.807, 2.05) is 31.2 Å². The van der Waals surface area contributed by atoms with Crippen LogP contribution < -0.4 is 0 Å². The van der Waals surface area contributed by atoms with Crippen LogP contribution in [0.2, 0.25) is 0 Å². The molecule has 2 heterocycles. The molecule has 1 aliphatic rings. The van der Waals surface area contributed by atoms with Crippen LogP contribution in [0.25, 0.3) is 11.4 Å². The summed E-state index contributed by atoms with van der Waals surface area (Å²) < 4.78 is 39.5. The number of aromatic amines is 1. The summed E-state index contributed by atoms with van der Waals surface area (Å²) in [4.78, 5) is 7.88. The lowest BCUT2D eigenvalue weighted by Crippen LogP contribution is -2.49. The number of alkyl halides is 3. The molecular weight excluding hydrogens is 351 g/mol. The van der Waals surface area contributed by atoms with E-state index in [1.165, 1.54) is 10.5 Å². The molecule has 1 aliphatic heterocycles. The van der Waals surface area contributed by atoms with Crippen LogP contribution in [-0.4, -0.2) is 63.5 Å². The number of piperazine rings is 1. The molecule has 25 heavy (non-hydrogen) atoms. The van der Waals surface area contributed by atoms with Crippen LogP contribution in [0.4, 0.5) is 13.2 Å². The van der Waals surface area contributed by atoms with Crippen molar-refractivity contribution in [3.63, 3.8) is 0 Å². The number of nitrogens with one attached hydrogen (secondary N) is 1. The Hall–Kier alpha value is -1.71. The van der Waals surface area contributed by atoms with Crippen LogP contribution in [0.1, 0.15) is 5.56 Å². The van der Waals surface area contributed by atoms with Gasteiger partial charge in [0, 0.05) is 31.7 Å². The summed E-state index contributed by atoms with van der Waals surface area (Å²) in [5.41, 5.74) is 2.11. The maximum Gasteiger partial charge on any atom is 0.401 e. The zero-order valence-corrected chi connectivity index (χ0v) is 14.7. The molecule has 1 N–H and O–H groups in total. The van der Waals surface area contributed by atoms with Gasteiger partial charge < -0.3 is 0 Å². The second kappa shape index (κ2) is 7.27. The van der Waals surface area contributed by atoms with Crippen LogP contribution in [-0.2, 0) is 6.67 Å². The second-order valence-corrected chi connectivity index (χ2v) is 6.66. The number of aryl methyl sites for hydroxylation is 1. The van der Waals surface area contributed by atoms with Gasteiger partial charge in [0.2, 0.25) is 4.77 Å². The normalized spacial score (nSPS) is 17.1. The molecule has 0 saturated carbocycles. The number of hydrogen-bond donors (Lipinski definition) is 1. The molecule has 2 aromatic rings. The Morgan fingerprint density at radius 2 is 1.68 bits per heavy atom. The number of benzene rings is 1. The molecule has 0 bridgehead atoms. The summed E-state index contributed by atoms with van der Waals surface area (Å²) in [6.07, 6.45) is -4.14. The standard InChI is InChI=1S/C16H20F3N5S/c1-12-2-4-13(5-3-12)14-20-15(25)24(21-14)11-23-8-6-22(7-9-23)10-16(17,18)19/h2-5H,6-11H2,1H3,(H,20,21,25). The van der Waals surface area contributed by atoms with E-state index in [1.54, 1.807) is 4.68 Å². The van der Waals surface area contributed by atoms with Crippen molar-refractivity contribution in [2.75, 3.05) is 32.7 Å². The second-order valence-electron chi connectivity index (χ2n) is 6.30. The molecule has 1 saturated heterocycles. The fourth-order valence-corrected chi connectivity index (χ4v) is 3.03. The topological polar surface area (TPSA) is 40.1 Å². The Bertz CT molecular complexity index is 757. The van der Waals surface area contributed by atoms with E-state index >= 15 is 0 Å². The molecule has 0 amide bonds. The average molecular weight is 371 g/mol. The third kappa shape index (κ3) is 4.90. The third-order valence-corrected chi connectivity index (χ3v) is 4.53. The predicted molar refractivity (Wildman–Crippen MR) is 91.7 cm³/mol. The van der Waals surface area contributed by atoms with Gasteiger partial charge in [0.1, 0.15) is 0 Å². The monoisotopic (exact) mass is 371 g/mol. The first kappa shape index (κ1) is 18.1. The SMILES string of the molecule is Cc1ccc(-c2nc(=S)n(CN3CCN(CC(F)(F)F)CC3)[nH]2)cc1. The maximum absolute atomic E-state index is 12.4. The van der Waals surface area contributed by atoms with Crippen LogP contribution in [0.3, 0.4) is 0 Å². The average Bonchev–Trinajstić information content (AvgIpc) is 2.89. The summed E-state index contributed by atoms with van der Waals surface area (Å²) in [5.74, 6) is 0.695. The first-order valence-corrected chi connectivity index (χ1v) is 8.46. The molecule has 3 rings (SSSR count). The minimum atomic E-state index is -4.14. The highest BCUT2D eigenvalue weighted by Gasteiger charge is 2.32. The number of hydrogen-bond acceptors (Lipinski definition) is 4. The molecule has 0 spiro atoms. The van der Waals surface area contributed by atoms with Crippen molar-refractivity contribution < 1.29 is 13.2 Å². The van der Waals surface area contributed by atoms with Gasteiger partial charge in [-0.2, -0.15) is 18.2 Å². The van der Waals surface area contributed by atoms with E-state index in [2.05, 4.69) is 15.0 Å². The molecule has 0 atom stereocenters.